The first-order valence-electron chi connectivity index (χ1n) is 7.63. The maximum Gasteiger partial charge on any atom is 0.0853 e. The number of aliphatic hydroxyl groups is 1. The molecule has 5 nitrogen and oxygen atoms in total. The van der Waals surface area contributed by atoms with Crippen LogP contribution in [-0.4, -0.2) is 33.0 Å². The third-order valence-electron chi connectivity index (χ3n) is 4.27. The van der Waals surface area contributed by atoms with Crippen LogP contribution < -0.4 is 4.90 Å². The van der Waals surface area contributed by atoms with Gasteiger partial charge in [-0.3, -0.25) is 9.67 Å². The summed E-state index contributed by atoms with van der Waals surface area (Å²) in [6.45, 7) is 3.19. The van der Waals surface area contributed by atoms with Crippen molar-refractivity contribution < 1.29 is 5.11 Å². The first-order valence-corrected chi connectivity index (χ1v) is 7.63. The standard InChI is InChI=1S/C16H22N4O/c21-13-15-12-16(2-7-17-15)19-9-3-14(4-10-19)5-11-20-8-1-6-18-20/h1-2,6-8,12,14,21H,3-5,9-11,13H2. The molecule has 2 aromatic heterocycles. The van der Waals surface area contributed by atoms with Crippen molar-refractivity contribution in [2.24, 2.45) is 5.92 Å². The molecule has 1 fully saturated rings. The van der Waals surface area contributed by atoms with Gasteiger partial charge in [-0.25, -0.2) is 0 Å². The van der Waals surface area contributed by atoms with Gasteiger partial charge in [-0.05, 0) is 43.4 Å². The summed E-state index contributed by atoms with van der Waals surface area (Å²) >= 11 is 0. The molecule has 21 heavy (non-hydrogen) atoms. The molecule has 2 aromatic rings. The number of aliphatic hydroxyl groups excluding tert-OH is 1. The SMILES string of the molecule is OCc1cc(N2CCC(CCn3cccn3)CC2)ccn1. The van der Waals surface area contributed by atoms with Crippen molar-refractivity contribution in [2.75, 3.05) is 18.0 Å². The Morgan fingerprint density at radius 2 is 2.10 bits per heavy atom. The average Bonchev–Trinajstić information content (AvgIpc) is 3.07. The predicted molar refractivity (Wildman–Crippen MR) is 81.9 cm³/mol. The van der Waals surface area contributed by atoms with Gasteiger partial charge < -0.3 is 10.0 Å². The van der Waals surface area contributed by atoms with Crippen LogP contribution in [0.4, 0.5) is 5.69 Å². The van der Waals surface area contributed by atoms with Gasteiger partial charge in [0, 0.05) is 43.9 Å². The van der Waals surface area contributed by atoms with E-state index in [2.05, 4.69) is 15.0 Å². The molecule has 112 valence electrons. The lowest BCUT2D eigenvalue weighted by molar-refractivity contribution is 0.277. The summed E-state index contributed by atoms with van der Waals surface area (Å²) in [5.41, 5.74) is 1.92. The predicted octanol–water partition coefficient (Wildman–Crippen LogP) is 2.08. The minimum Gasteiger partial charge on any atom is -0.390 e. The monoisotopic (exact) mass is 286 g/mol. The van der Waals surface area contributed by atoms with Gasteiger partial charge in [-0.2, -0.15) is 5.10 Å². The number of pyridine rings is 1. The molecule has 1 N–H and O–H groups in total. The molecule has 3 heterocycles. The molecule has 0 saturated carbocycles. The molecular weight excluding hydrogens is 264 g/mol. The summed E-state index contributed by atoms with van der Waals surface area (Å²) in [7, 11) is 0. The minimum atomic E-state index is 0.00811. The van der Waals surface area contributed by atoms with Gasteiger partial charge in [-0.1, -0.05) is 0 Å². The number of anilines is 1. The Morgan fingerprint density at radius 3 is 2.81 bits per heavy atom. The lowest BCUT2D eigenvalue weighted by atomic mass is 9.93. The number of nitrogens with zero attached hydrogens (tertiary/aromatic N) is 4. The van der Waals surface area contributed by atoms with E-state index < -0.39 is 0 Å². The van der Waals surface area contributed by atoms with Gasteiger partial charge in [0.15, 0.2) is 0 Å². The zero-order valence-corrected chi connectivity index (χ0v) is 12.2. The third kappa shape index (κ3) is 3.61. The number of hydrogen-bond donors (Lipinski definition) is 1. The smallest absolute Gasteiger partial charge is 0.0853 e. The van der Waals surface area contributed by atoms with Crippen LogP contribution in [0.5, 0.6) is 0 Å². The van der Waals surface area contributed by atoms with Crippen LogP contribution in [0.3, 0.4) is 0 Å². The van der Waals surface area contributed by atoms with Crippen LogP contribution in [0.1, 0.15) is 25.0 Å². The second-order valence-corrected chi connectivity index (χ2v) is 5.65. The second kappa shape index (κ2) is 6.72. The van der Waals surface area contributed by atoms with Gasteiger partial charge in [-0.15, -0.1) is 0 Å². The molecule has 1 aliphatic rings. The maximum atomic E-state index is 9.17. The van der Waals surface area contributed by atoms with E-state index in [1.165, 1.54) is 24.9 Å². The van der Waals surface area contributed by atoms with Crippen molar-refractivity contribution in [3.8, 4) is 0 Å². The van der Waals surface area contributed by atoms with Crippen LogP contribution in [0.2, 0.25) is 0 Å². The Morgan fingerprint density at radius 1 is 1.24 bits per heavy atom. The Hall–Kier alpha value is -1.88. The fraction of sp³-hybridized carbons (Fsp3) is 0.500. The summed E-state index contributed by atoms with van der Waals surface area (Å²) < 4.78 is 2.02. The van der Waals surface area contributed by atoms with Crippen LogP contribution in [0.25, 0.3) is 0 Å². The van der Waals surface area contributed by atoms with Crippen LogP contribution in [0, 0.1) is 5.92 Å². The molecule has 3 rings (SSSR count). The molecular formula is C16H22N4O. The Kier molecular flexibility index (Phi) is 4.50. The topological polar surface area (TPSA) is 54.2 Å². The normalized spacial score (nSPS) is 16.3. The highest BCUT2D eigenvalue weighted by Gasteiger charge is 2.19. The van der Waals surface area contributed by atoms with Crippen LogP contribution >= 0.6 is 0 Å². The lowest BCUT2D eigenvalue weighted by Crippen LogP contribution is -2.34. The molecule has 1 saturated heterocycles. The van der Waals surface area contributed by atoms with Crippen molar-refractivity contribution in [3.63, 3.8) is 0 Å². The van der Waals surface area contributed by atoms with E-state index in [-0.39, 0.29) is 6.61 Å². The largest absolute Gasteiger partial charge is 0.390 e. The number of aromatic nitrogens is 3. The molecule has 1 aliphatic heterocycles. The fourth-order valence-electron chi connectivity index (χ4n) is 2.98. The van der Waals surface area contributed by atoms with Crippen LogP contribution in [-0.2, 0) is 13.2 Å². The highest BCUT2D eigenvalue weighted by Crippen LogP contribution is 2.25. The van der Waals surface area contributed by atoms with Crippen LogP contribution in [0.15, 0.2) is 36.8 Å². The van der Waals surface area contributed by atoms with E-state index >= 15 is 0 Å². The highest BCUT2D eigenvalue weighted by molar-refractivity contribution is 5.46. The zero-order chi connectivity index (χ0) is 14.5. The molecule has 0 aliphatic carbocycles. The van der Waals surface area contributed by atoms with Crippen molar-refractivity contribution in [3.05, 3.63) is 42.5 Å². The Labute approximate surface area is 125 Å². The summed E-state index contributed by atoms with van der Waals surface area (Å²) in [5, 5.41) is 13.4. The number of rotatable bonds is 5. The maximum absolute atomic E-state index is 9.17. The first-order chi connectivity index (χ1) is 10.3. The number of aryl methyl sites for hydroxylation is 1. The van der Waals surface area contributed by atoms with E-state index in [1.54, 1.807) is 6.20 Å². The summed E-state index contributed by atoms with van der Waals surface area (Å²) in [6.07, 6.45) is 9.29. The molecule has 0 amide bonds. The van der Waals surface area contributed by atoms with E-state index in [1.807, 2.05) is 35.3 Å². The summed E-state index contributed by atoms with van der Waals surface area (Å²) in [6, 6.07) is 6.00. The van der Waals surface area contributed by atoms with Gasteiger partial charge in [0.25, 0.3) is 0 Å². The van der Waals surface area contributed by atoms with Crippen molar-refractivity contribution >= 4 is 5.69 Å². The van der Waals surface area contributed by atoms with Crippen molar-refractivity contribution in [1.29, 1.82) is 0 Å². The van der Waals surface area contributed by atoms with Crippen molar-refractivity contribution in [2.45, 2.75) is 32.4 Å². The van der Waals surface area contributed by atoms with Gasteiger partial charge in [0.2, 0.25) is 0 Å². The number of hydrogen-bond acceptors (Lipinski definition) is 4. The minimum absolute atomic E-state index is 0.00811. The van der Waals surface area contributed by atoms with E-state index in [0.29, 0.717) is 0 Å². The molecule has 5 heteroatoms. The van der Waals surface area contributed by atoms with Gasteiger partial charge in [0.1, 0.15) is 0 Å². The molecule has 0 atom stereocenters. The Balaban J connectivity index is 1.50. The molecule has 0 unspecified atom stereocenters. The molecule has 0 aromatic carbocycles. The Bertz CT molecular complexity index is 547. The zero-order valence-electron chi connectivity index (χ0n) is 12.2. The second-order valence-electron chi connectivity index (χ2n) is 5.65. The fourth-order valence-corrected chi connectivity index (χ4v) is 2.98. The lowest BCUT2D eigenvalue weighted by Gasteiger charge is -2.33. The molecule has 0 radical (unpaired) electrons. The summed E-state index contributed by atoms with van der Waals surface area (Å²) in [4.78, 5) is 6.53. The number of piperidine rings is 1. The van der Waals surface area contributed by atoms with Crippen molar-refractivity contribution in [1.82, 2.24) is 14.8 Å². The molecule has 0 bridgehead atoms. The third-order valence-corrected chi connectivity index (χ3v) is 4.27. The first kappa shape index (κ1) is 14.1. The van der Waals surface area contributed by atoms with Gasteiger partial charge in [0.05, 0.1) is 12.3 Å². The van der Waals surface area contributed by atoms with E-state index in [9.17, 15) is 5.11 Å². The molecule has 0 spiro atoms. The summed E-state index contributed by atoms with van der Waals surface area (Å²) in [5.74, 6) is 0.782. The van der Waals surface area contributed by atoms with E-state index in [0.717, 1.165) is 31.2 Å². The highest BCUT2D eigenvalue weighted by atomic mass is 16.3. The average molecular weight is 286 g/mol. The van der Waals surface area contributed by atoms with E-state index in [4.69, 9.17) is 0 Å². The quantitative estimate of drug-likeness (QED) is 0.914. The van der Waals surface area contributed by atoms with Gasteiger partial charge >= 0.3 is 0 Å².